The minimum atomic E-state index is -0.138. The number of anilines is 1. The number of nitrogens with zero attached hydrogens (tertiary/aromatic N) is 1. The van der Waals surface area contributed by atoms with Gasteiger partial charge in [0, 0.05) is 37.7 Å². The van der Waals surface area contributed by atoms with Crippen molar-refractivity contribution in [2.75, 3.05) is 12.8 Å². The normalized spacial score (nSPS) is 17.2. The van der Waals surface area contributed by atoms with E-state index in [-0.39, 0.29) is 17.7 Å². The van der Waals surface area contributed by atoms with Crippen LogP contribution in [0.15, 0.2) is 18.2 Å². The minimum absolute atomic E-state index is 0.0880. The van der Waals surface area contributed by atoms with Gasteiger partial charge in [0.1, 0.15) is 0 Å². The average molecular weight is 275 g/mol. The number of benzene rings is 1. The first kappa shape index (κ1) is 14.0. The van der Waals surface area contributed by atoms with E-state index in [2.05, 4.69) is 5.32 Å². The second kappa shape index (κ2) is 5.73. The van der Waals surface area contributed by atoms with Crippen molar-refractivity contribution in [3.05, 3.63) is 29.3 Å². The summed E-state index contributed by atoms with van der Waals surface area (Å²) in [7, 11) is 1.79. The molecule has 106 valence electrons. The number of hydrogen-bond acceptors (Lipinski definition) is 4. The van der Waals surface area contributed by atoms with E-state index in [1.54, 1.807) is 24.1 Å². The lowest BCUT2D eigenvalue weighted by Crippen LogP contribution is -2.33. The molecule has 3 amide bonds. The molecule has 0 bridgehead atoms. The fourth-order valence-electron chi connectivity index (χ4n) is 2.18. The molecule has 3 rings (SSSR count). The Labute approximate surface area is 116 Å². The zero-order chi connectivity index (χ0) is 14.7. The molecule has 6 nitrogen and oxygen atoms in total. The van der Waals surface area contributed by atoms with Crippen LogP contribution in [0.4, 0.5) is 5.69 Å². The lowest BCUT2D eigenvalue weighted by molar-refractivity contribution is -0.132. The van der Waals surface area contributed by atoms with Gasteiger partial charge in [-0.1, -0.05) is 0 Å². The van der Waals surface area contributed by atoms with Crippen molar-refractivity contribution >= 4 is 23.4 Å². The van der Waals surface area contributed by atoms with Crippen molar-refractivity contribution in [1.29, 1.82) is 0 Å². The Morgan fingerprint density at radius 3 is 2.35 bits per heavy atom. The number of nitrogens with two attached hydrogens (primary N) is 1. The topological polar surface area (TPSA) is 92.5 Å². The number of carbonyl (C=O) groups is 3. The van der Waals surface area contributed by atoms with Gasteiger partial charge in [-0.15, -0.1) is 0 Å². The van der Waals surface area contributed by atoms with Gasteiger partial charge in [-0.2, -0.15) is 0 Å². The highest BCUT2D eigenvalue weighted by atomic mass is 16.2. The molecule has 3 N–H and O–H groups in total. The van der Waals surface area contributed by atoms with E-state index in [0.29, 0.717) is 25.8 Å². The molecule has 1 fully saturated rings. The molecule has 1 aromatic carbocycles. The summed E-state index contributed by atoms with van der Waals surface area (Å²) in [5.41, 5.74) is 8.13. The highest BCUT2D eigenvalue weighted by molar-refractivity contribution is 5.98. The van der Waals surface area contributed by atoms with Crippen molar-refractivity contribution in [3.63, 3.8) is 0 Å². The summed E-state index contributed by atoms with van der Waals surface area (Å²) in [5, 5.41) is 2.20. The number of piperidine rings is 1. The third-order valence-corrected chi connectivity index (χ3v) is 3.20. The molecule has 0 unspecified atom stereocenters. The van der Waals surface area contributed by atoms with E-state index < -0.39 is 0 Å². The van der Waals surface area contributed by atoms with Crippen molar-refractivity contribution in [2.24, 2.45) is 0 Å². The quantitative estimate of drug-likeness (QED) is 0.537. The number of fused-ring (bicyclic) bond motifs is 1. The molecule has 1 saturated heterocycles. The van der Waals surface area contributed by atoms with E-state index in [4.69, 9.17) is 5.73 Å². The second-order valence-electron chi connectivity index (χ2n) is 4.90. The summed E-state index contributed by atoms with van der Waals surface area (Å²) in [5.74, 6) is -0.187. The fourth-order valence-corrected chi connectivity index (χ4v) is 2.18. The van der Waals surface area contributed by atoms with E-state index in [9.17, 15) is 14.4 Å². The summed E-state index contributed by atoms with van der Waals surface area (Å²) < 4.78 is 0. The Bertz CT molecular complexity index is 555. The first-order valence-electron chi connectivity index (χ1n) is 6.44. The Morgan fingerprint density at radius 1 is 1.15 bits per heavy atom. The molecule has 20 heavy (non-hydrogen) atoms. The van der Waals surface area contributed by atoms with Crippen LogP contribution in [0.25, 0.3) is 0 Å². The predicted octanol–water partition coefficient (Wildman–Crippen LogP) is 0.667. The number of nitrogen functional groups attached to an aromatic ring is 1. The zero-order valence-electron chi connectivity index (χ0n) is 11.3. The van der Waals surface area contributed by atoms with E-state index in [1.807, 2.05) is 6.07 Å². The van der Waals surface area contributed by atoms with Gasteiger partial charge in [0.25, 0.3) is 5.91 Å². The molecule has 0 radical (unpaired) electrons. The van der Waals surface area contributed by atoms with Gasteiger partial charge in [0.15, 0.2) is 0 Å². The third kappa shape index (κ3) is 3.14. The van der Waals surface area contributed by atoms with Crippen LogP contribution in [-0.2, 0) is 16.1 Å². The molecule has 0 saturated carbocycles. The van der Waals surface area contributed by atoms with E-state index in [0.717, 1.165) is 16.8 Å². The van der Waals surface area contributed by atoms with Crippen LogP contribution in [0.3, 0.4) is 0 Å². The number of carbonyl (C=O) groups excluding carboxylic acids is 3. The number of rotatable bonds is 0. The number of imide groups is 1. The van der Waals surface area contributed by atoms with Crippen LogP contribution in [0.2, 0.25) is 0 Å². The monoisotopic (exact) mass is 275 g/mol. The van der Waals surface area contributed by atoms with Gasteiger partial charge in [0.2, 0.25) is 11.8 Å². The molecule has 2 heterocycles. The molecular weight excluding hydrogens is 258 g/mol. The molecule has 6 heteroatoms. The maximum Gasteiger partial charge on any atom is 0.254 e. The maximum absolute atomic E-state index is 11.4. The van der Waals surface area contributed by atoms with Crippen molar-refractivity contribution in [1.82, 2.24) is 10.2 Å². The molecular formula is C14H17N3O3. The van der Waals surface area contributed by atoms with Crippen LogP contribution in [0.5, 0.6) is 0 Å². The average Bonchev–Trinajstić information content (AvgIpc) is 2.65. The molecule has 1 aromatic rings. The van der Waals surface area contributed by atoms with Crippen LogP contribution >= 0.6 is 0 Å². The summed E-state index contributed by atoms with van der Waals surface area (Å²) in [6.45, 7) is 0.680. The summed E-state index contributed by atoms with van der Waals surface area (Å²) in [6, 6.07) is 5.41. The number of hydrogen-bond donors (Lipinski definition) is 2. The van der Waals surface area contributed by atoms with E-state index in [1.165, 1.54) is 0 Å². The van der Waals surface area contributed by atoms with Crippen molar-refractivity contribution in [2.45, 2.75) is 25.8 Å². The fraction of sp³-hybridized carbons (Fsp3) is 0.357. The highest BCUT2D eigenvalue weighted by Crippen LogP contribution is 2.22. The lowest BCUT2D eigenvalue weighted by atomic mass is 10.1. The lowest BCUT2D eigenvalue weighted by Gasteiger charge is -2.07. The Balaban J connectivity index is 0.000000160. The minimum Gasteiger partial charge on any atom is -0.399 e. The molecule has 0 spiro atoms. The number of amides is 3. The van der Waals surface area contributed by atoms with Gasteiger partial charge in [-0.3, -0.25) is 19.7 Å². The SMILES string of the molecule is CN1Cc2cc(N)ccc2C1=O.O=C1CCCC(=O)N1. The Kier molecular flexibility index (Phi) is 4.02. The summed E-state index contributed by atoms with van der Waals surface area (Å²) in [4.78, 5) is 33.8. The largest absolute Gasteiger partial charge is 0.399 e. The Morgan fingerprint density at radius 2 is 1.80 bits per heavy atom. The molecule has 0 aliphatic carbocycles. The standard InChI is InChI=1S/C9H10N2O.C5H7NO2/c1-11-5-6-4-7(10)2-3-8(6)9(11)12;7-4-2-1-3-5(8)6-4/h2-4H,5,10H2,1H3;1-3H2,(H,6,7,8). The summed E-state index contributed by atoms with van der Waals surface area (Å²) >= 11 is 0. The molecule has 0 aromatic heterocycles. The van der Waals surface area contributed by atoms with Crippen LogP contribution in [-0.4, -0.2) is 29.7 Å². The molecule has 2 aliphatic heterocycles. The van der Waals surface area contributed by atoms with Gasteiger partial charge in [0.05, 0.1) is 0 Å². The zero-order valence-corrected chi connectivity index (χ0v) is 11.3. The smallest absolute Gasteiger partial charge is 0.254 e. The van der Waals surface area contributed by atoms with Crippen LogP contribution in [0.1, 0.15) is 35.2 Å². The van der Waals surface area contributed by atoms with Gasteiger partial charge >= 0.3 is 0 Å². The maximum atomic E-state index is 11.4. The Hall–Kier alpha value is -2.37. The molecule has 0 atom stereocenters. The predicted molar refractivity (Wildman–Crippen MR) is 73.7 cm³/mol. The molecule has 2 aliphatic rings. The third-order valence-electron chi connectivity index (χ3n) is 3.20. The first-order chi connectivity index (χ1) is 9.47. The van der Waals surface area contributed by atoms with Gasteiger partial charge in [-0.05, 0) is 30.2 Å². The highest BCUT2D eigenvalue weighted by Gasteiger charge is 2.23. The number of nitrogens with one attached hydrogen (secondary N) is 1. The van der Waals surface area contributed by atoms with Crippen molar-refractivity contribution in [3.8, 4) is 0 Å². The van der Waals surface area contributed by atoms with Crippen LogP contribution < -0.4 is 11.1 Å². The second-order valence-corrected chi connectivity index (χ2v) is 4.90. The van der Waals surface area contributed by atoms with E-state index >= 15 is 0 Å². The van der Waals surface area contributed by atoms with Gasteiger partial charge < -0.3 is 10.6 Å². The van der Waals surface area contributed by atoms with Crippen LogP contribution in [0, 0.1) is 0 Å². The van der Waals surface area contributed by atoms with Gasteiger partial charge in [-0.25, -0.2) is 0 Å². The first-order valence-corrected chi connectivity index (χ1v) is 6.44. The van der Waals surface area contributed by atoms with Crippen molar-refractivity contribution < 1.29 is 14.4 Å². The summed E-state index contributed by atoms with van der Waals surface area (Å²) in [6.07, 6.45) is 1.72.